The molecule has 4 atom stereocenters. The second-order valence-electron chi connectivity index (χ2n) is 7.26. The summed E-state index contributed by atoms with van der Waals surface area (Å²) in [4.78, 5) is 14.9. The van der Waals surface area contributed by atoms with Gasteiger partial charge in [-0.2, -0.15) is 0 Å². The molecule has 2 aliphatic heterocycles. The summed E-state index contributed by atoms with van der Waals surface area (Å²) >= 11 is 0. The summed E-state index contributed by atoms with van der Waals surface area (Å²) in [6.07, 6.45) is 0.869. The number of rotatable bonds is 3. The third kappa shape index (κ3) is 2.97. The molecule has 5 nitrogen and oxygen atoms in total. The van der Waals surface area contributed by atoms with Gasteiger partial charge in [0, 0.05) is 11.7 Å². The van der Waals surface area contributed by atoms with Crippen molar-refractivity contribution < 1.29 is 13.2 Å². The van der Waals surface area contributed by atoms with Crippen LogP contribution in [0.2, 0.25) is 0 Å². The normalized spacial score (nSPS) is 30.2. The minimum Gasteiger partial charge on any atom is -0.305 e. The lowest BCUT2D eigenvalue weighted by Gasteiger charge is -2.43. The van der Waals surface area contributed by atoms with Crippen LogP contribution in [0.4, 0.5) is 5.69 Å². The topological polar surface area (TPSA) is 66.5 Å². The molecule has 2 heterocycles. The highest BCUT2D eigenvalue weighted by Gasteiger charge is 2.50. The number of sulfone groups is 1. The molecule has 2 aliphatic rings. The minimum atomic E-state index is -3.12. The van der Waals surface area contributed by atoms with E-state index >= 15 is 0 Å². The number of hydrogen-bond acceptors (Lipinski definition) is 4. The number of hydrogen-bond donors (Lipinski definition) is 1. The minimum absolute atomic E-state index is 0.00838. The number of nitrogens with zero attached hydrogens (tertiary/aromatic N) is 1. The fraction of sp³-hybridized carbons (Fsp3) is 0.611. The SMILES string of the molecule is CCC(C)[C@@H]1N[C@@H]2CS(=O)(=O)C[C@@H]2N(c2ccc(C)c(C)c2)C1=O. The van der Waals surface area contributed by atoms with Crippen LogP contribution < -0.4 is 10.2 Å². The molecule has 3 rings (SSSR count). The van der Waals surface area contributed by atoms with Crippen molar-refractivity contribution in [3.05, 3.63) is 29.3 Å². The van der Waals surface area contributed by atoms with E-state index in [2.05, 4.69) is 12.2 Å². The first kappa shape index (κ1) is 17.4. The first-order valence-corrected chi connectivity index (χ1v) is 10.4. The van der Waals surface area contributed by atoms with Crippen LogP contribution in [0.1, 0.15) is 31.4 Å². The molecule has 0 saturated carbocycles. The van der Waals surface area contributed by atoms with E-state index in [4.69, 9.17) is 0 Å². The number of anilines is 1. The molecule has 6 heteroatoms. The molecule has 0 aromatic heterocycles. The van der Waals surface area contributed by atoms with Gasteiger partial charge in [-0.3, -0.25) is 10.1 Å². The Balaban J connectivity index is 2.04. The quantitative estimate of drug-likeness (QED) is 0.903. The molecule has 1 aromatic rings. The molecule has 0 radical (unpaired) electrons. The van der Waals surface area contributed by atoms with Crippen molar-refractivity contribution in [1.29, 1.82) is 0 Å². The Bertz CT molecular complexity index is 760. The molecular formula is C18H26N2O3S. The standard InChI is InChI=1S/C18H26N2O3S/c1-5-11(2)17-18(21)20(14-7-6-12(3)13(4)8-14)16-10-24(22,23)9-15(16)19-17/h6-8,11,15-17,19H,5,9-10H2,1-4H3/t11?,15-,16+,17+/m1/s1. The Morgan fingerprint density at radius 3 is 2.58 bits per heavy atom. The fourth-order valence-electron chi connectivity index (χ4n) is 3.70. The smallest absolute Gasteiger partial charge is 0.244 e. The van der Waals surface area contributed by atoms with Gasteiger partial charge >= 0.3 is 0 Å². The fourth-order valence-corrected chi connectivity index (χ4v) is 5.60. The molecule has 0 bridgehead atoms. The Hall–Kier alpha value is -1.40. The van der Waals surface area contributed by atoms with Crippen LogP contribution >= 0.6 is 0 Å². The number of fused-ring (bicyclic) bond motifs is 1. The molecule has 0 spiro atoms. The molecule has 1 N–H and O–H groups in total. The monoisotopic (exact) mass is 350 g/mol. The third-order valence-electron chi connectivity index (χ3n) is 5.53. The Labute approximate surface area is 144 Å². The largest absolute Gasteiger partial charge is 0.305 e. The van der Waals surface area contributed by atoms with Crippen LogP contribution in [0.15, 0.2) is 18.2 Å². The third-order valence-corrected chi connectivity index (χ3v) is 7.25. The summed E-state index contributed by atoms with van der Waals surface area (Å²) in [6, 6.07) is 5.09. The van der Waals surface area contributed by atoms with E-state index < -0.39 is 9.84 Å². The Kier molecular flexibility index (Phi) is 4.47. The summed E-state index contributed by atoms with van der Waals surface area (Å²) in [7, 11) is -3.12. The highest BCUT2D eigenvalue weighted by Crippen LogP contribution is 2.32. The zero-order valence-corrected chi connectivity index (χ0v) is 15.6. The van der Waals surface area contributed by atoms with E-state index in [1.807, 2.05) is 39.0 Å². The molecule has 1 amide bonds. The van der Waals surface area contributed by atoms with Crippen LogP contribution in [0.5, 0.6) is 0 Å². The van der Waals surface area contributed by atoms with Gasteiger partial charge in [0.1, 0.15) is 0 Å². The lowest BCUT2D eigenvalue weighted by molar-refractivity contribution is -0.124. The second kappa shape index (κ2) is 6.15. The van der Waals surface area contributed by atoms with Crippen LogP contribution in [0, 0.1) is 19.8 Å². The van der Waals surface area contributed by atoms with E-state index in [9.17, 15) is 13.2 Å². The van der Waals surface area contributed by atoms with Gasteiger partial charge in [-0.1, -0.05) is 26.3 Å². The number of amides is 1. The maximum absolute atomic E-state index is 13.1. The molecule has 0 aliphatic carbocycles. The summed E-state index contributed by atoms with van der Waals surface area (Å²) in [5.74, 6) is 0.303. The zero-order valence-electron chi connectivity index (χ0n) is 14.7. The highest BCUT2D eigenvalue weighted by atomic mass is 32.2. The first-order valence-electron chi connectivity index (χ1n) is 8.60. The van der Waals surface area contributed by atoms with Gasteiger partial charge in [-0.15, -0.1) is 0 Å². The van der Waals surface area contributed by atoms with Crippen molar-refractivity contribution in [2.45, 2.75) is 52.2 Å². The van der Waals surface area contributed by atoms with Crippen molar-refractivity contribution in [2.75, 3.05) is 16.4 Å². The van der Waals surface area contributed by atoms with Gasteiger partial charge in [-0.25, -0.2) is 8.42 Å². The Morgan fingerprint density at radius 1 is 1.25 bits per heavy atom. The summed E-state index contributed by atoms with van der Waals surface area (Å²) in [6.45, 7) is 8.14. The van der Waals surface area contributed by atoms with Crippen molar-refractivity contribution in [3.63, 3.8) is 0 Å². The zero-order chi connectivity index (χ0) is 17.6. The number of piperazine rings is 1. The average Bonchev–Trinajstić information content (AvgIpc) is 2.82. The van der Waals surface area contributed by atoms with Gasteiger partial charge < -0.3 is 4.90 Å². The molecule has 2 fully saturated rings. The van der Waals surface area contributed by atoms with Crippen molar-refractivity contribution in [2.24, 2.45) is 5.92 Å². The second-order valence-corrected chi connectivity index (χ2v) is 9.41. The maximum Gasteiger partial charge on any atom is 0.244 e. The van der Waals surface area contributed by atoms with E-state index in [0.29, 0.717) is 0 Å². The molecule has 1 aromatic carbocycles. The molecule has 2 saturated heterocycles. The van der Waals surface area contributed by atoms with Crippen LogP contribution in [-0.4, -0.2) is 44.0 Å². The maximum atomic E-state index is 13.1. The predicted octanol–water partition coefficient (Wildman–Crippen LogP) is 1.82. The average molecular weight is 350 g/mol. The molecule has 24 heavy (non-hydrogen) atoms. The highest BCUT2D eigenvalue weighted by molar-refractivity contribution is 7.91. The molecule has 1 unspecified atom stereocenters. The van der Waals surface area contributed by atoms with E-state index in [1.165, 1.54) is 0 Å². The summed E-state index contributed by atoms with van der Waals surface area (Å²) < 4.78 is 24.3. The van der Waals surface area contributed by atoms with Gasteiger partial charge in [0.2, 0.25) is 5.91 Å². The molecule has 132 valence electrons. The van der Waals surface area contributed by atoms with Gasteiger partial charge in [0.25, 0.3) is 0 Å². The predicted molar refractivity (Wildman–Crippen MR) is 96.0 cm³/mol. The van der Waals surface area contributed by atoms with Crippen LogP contribution in [-0.2, 0) is 14.6 Å². The number of carbonyl (C=O) groups excluding carboxylic acids is 1. The van der Waals surface area contributed by atoms with Crippen molar-refractivity contribution in [3.8, 4) is 0 Å². The summed E-state index contributed by atoms with van der Waals surface area (Å²) in [5.41, 5.74) is 3.08. The lowest BCUT2D eigenvalue weighted by Crippen LogP contribution is -2.66. The van der Waals surface area contributed by atoms with E-state index in [1.54, 1.807) is 4.90 Å². The summed E-state index contributed by atoms with van der Waals surface area (Å²) in [5, 5.41) is 3.33. The number of benzene rings is 1. The number of carbonyl (C=O) groups is 1. The van der Waals surface area contributed by atoms with Gasteiger partial charge in [0.05, 0.1) is 23.6 Å². The van der Waals surface area contributed by atoms with Crippen LogP contribution in [0.3, 0.4) is 0 Å². The van der Waals surface area contributed by atoms with Gasteiger partial charge in [-0.05, 0) is 43.0 Å². The van der Waals surface area contributed by atoms with Gasteiger partial charge in [0.15, 0.2) is 9.84 Å². The first-order chi connectivity index (χ1) is 11.2. The van der Waals surface area contributed by atoms with Crippen LogP contribution in [0.25, 0.3) is 0 Å². The molecular weight excluding hydrogens is 324 g/mol. The van der Waals surface area contributed by atoms with Crippen molar-refractivity contribution in [1.82, 2.24) is 5.32 Å². The van der Waals surface area contributed by atoms with Crippen molar-refractivity contribution >= 4 is 21.4 Å². The Morgan fingerprint density at radius 2 is 1.96 bits per heavy atom. The number of nitrogens with one attached hydrogen (secondary N) is 1. The lowest BCUT2D eigenvalue weighted by atomic mass is 9.91. The number of aryl methyl sites for hydroxylation is 2. The van der Waals surface area contributed by atoms with E-state index in [0.717, 1.165) is 23.2 Å². The van der Waals surface area contributed by atoms with E-state index in [-0.39, 0.29) is 41.5 Å².